The molecule has 1 aliphatic carbocycles. The average Bonchev–Trinajstić information content (AvgIpc) is 2.50. The van der Waals surface area contributed by atoms with Crippen molar-refractivity contribution in [3.05, 3.63) is 30.3 Å². The van der Waals surface area contributed by atoms with Crippen molar-refractivity contribution in [3.8, 4) is 0 Å². The molecule has 0 atom stereocenters. The maximum Gasteiger partial charge on any atom is 0.331 e. The molecule has 0 aliphatic heterocycles. The Kier molecular flexibility index (Phi) is 5.05. The van der Waals surface area contributed by atoms with Crippen LogP contribution in [0.3, 0.4) is 0 Å². The third-order valence-electron chi connectivity index (χ3n) is 4.39. The number of ether oxygens (including phenoxy) is 1. The molecule has 1 aromatic rings. The van der Waals surface area contributed by atoms with E-state index in [1.54, 1.807) is 0 Å². The first kappa shape index (κ1) is 14.9. The van der Waals surface area contributed by atoms with Gasteiger partial charge in [-0.15, -0.1) is 0 Å². The maximum atomic E-state index is 12.3. The van der Waals surface area contributed by atoms with Gasteiger partial charge in [-0.2, -0.15) is 0 Å². The number of carbonyl (C=O) groups is 1. The van der Waals surface area contributed by atoms with Crippen LogP contribution >= 0.6 is 0 Å². The van der Waals surface area contributed by atoms with Crippen LogP contribution in [-0.2, 0) is 9.53 Å². The van der Waals surface area contributed by atoms with E-state index in [1.807, 2.05) is 30.3 Å². The van der Waals surface area contributed by atoms with Gasteiger partial charge < -0.3 is 10.1 Å². The van der Waals surface area contributed by atoms with Gasteiger partial charge in [-0.05, 0) is 43.7 Å². The SMILES string of the molecule is CCCC1CCC(Nc2ccccc2)(C(=O)OC)CC1. The van der Waals surface area contributed by atoms with Gasteiger partial charge in [-0.1, -0.05) is 38.0 Å². The number of benzene rings is 1. The number of nitrogens with one attached hydrogen (secondary N) is 1. The highest BCUT2D eigenvalue weighted by atomic mass is 16.5. The molecule has 0 spiro atoms. The highest BCUT2D eigenvalue weighted by Gasteiger charge is 2.42. The molecule has 0 heterocycles. The van der Waals surface area contributed by atoms with E-state index in [-0.39, 0.29) is 5.97 Å². The van der Waals surface area contributed by atoms with E-state index in [1.165, 1.54) is 20.0 Å². The second kappa shape index (κ2) is 6.78. The second-order valence-corrected chi connectivity index (χ2v) is 5.80. The Balaban J connectivity index is 2.10. The summed E-state index contributed by atoms with van der Waals surface area (Å²) in [6.07, 6.45) is 6.41. The number of methoxy groups -OCH3 is 1. The molecule has 1 aromatic carbocycles. The van der Waals surface area contributed by atoms with Crippen molar-refractivity contribution in [2.75, 3.05) is 12.4 Å². The molecule has 3 heteroatoms. The molecule has 1 aliphatic rings. The molecule has 1 fully saturated rings. The second-order valence-electron chi connectivity index (χ2n) is 5.80. The summed E-state index contributed by atoms with van der Waals surface area (Å²) in [6.45, 7) is 2.23. The van der Waals surface area contributed by atoms with Gasteiger partial charge in [0.25, 0.3) is 0 Å². The Bertz CT molecular complexity index is 422. The summed E-state index contributed by atoms with van der Waals surface area (Å²) >= 11 is 0. The Labute approximate surface area is 121 Å². The van der Waals surface area contributed by atoms with Gasteiger partial charge in [-0.25, -0.2) is 4.79 Å². The van der Waals surface area contributed by atoms with Gasteiger partial charge in [-0.3, -0.25) is 0 Å². The highest BCUT2D eigenvalue weighted by molar-refractivity contribution is 5.84. The fourth-order valence-corrected chi connectivity index (χ4v) is 3.24. The molecule has 0 aromatic heterocycles. The van der Waals surface area contributed by atoms with E-state index < -0.39 is 5.54 Å². The average molecular weight is 275 g/mol. The highest BCUT2D eigenvalue weighted by Crippen LogP contribution is 2.37. The molecule has 3 nitrogen and oxygen atoms in total. The van der Waals surface area contributed by atoms with Crippen LogP contribution in [0.25, 0.3) is 0 Å². The standard InChI is InChI=1S/C17H25NO2/c1-3-7-14-10-12-17(13-11-14,16(19)20-2)18-15-8-5-4-6-9-15/h4-6,8-9,14,18H,3,7,10-13H2,1-2H3. The molecule has 0 radical (unpaired) electrons. The molecular weight excluding hydrogens is 250 g/mol. The monoisotopic (exact) mass is 275 g/mol. The third-order valence-corrected chi connectivity index (χ3v) is 4.39. The first-order valence-corrected chi connectivity index (χ1v) is 7.62. The van der Waals surface area contributed by atoms with Crippen molar-refractivity contribution in [1.29, 1.82) is 0 Å². The van der Waals surface area contributed by atoms with Crippen molar-refractivity contribution in [3.63, 3.8) is 0 Å². The minimum absolute atomic E-state index is 0.128. The quantitative estimate of drug-likeness (QED) is 0.825. The van der Waals surface area contributed by atoms with Gasteiger partial charge in [0.15, 0.2) is 0 Å². The van der Waals surface area contributed by atoms with Gasteiger partial charge in [0.05, 0.1) is 7.11 Å². The minimum atomic E-state index is -0.541. The lowest BCUT2D eigenvalue weighted by Crippen LogP contribution is -2.49. The van der Waals surface area contributed by atoms with Crippen molar-refractivity contribution < 1.29 is 9.53 Å². The summed E-state index contributed by atoms with van der Waals surface area (Å²) in [4.78, 5) is 12.3. The molecule has 2 rings (SSSR count). The largest absolute Gasteiger partial charge is 0.467 e. The lowest BCUT2D eigenvalue weighted by molar-refractivity contribution is -0.147. The number of hydrogen-bond acceptors (Lipinski definition) is 3. The first-order chi connectivity index (χ1) is 9.70. The van der Waals surface area contributed by atoms with Gasteiger partial charge in [0, 0.05) is 5.69 Å². The molecule has 0 saturated heterocycles. The minimum Gasteiger partial charge on any atom is -0.467 e. The predicted molar refractivity (Wildman–Crippen MR) is 81.7 cm³/mol. The van der Waals surface area contributed by atoms with E-state index in [9.17, 15) is 4.79 Å². The van der Waals surface area contributed by atoms with E-state index >= 15 is 0 Å². The molecule has 20 heavy (non-hydrogen) atoms. The predicted octanol–water partition coefficient (Wildman–Crippen LogP) is 4.00. The van der Waals surface area contributed by atoms with Crippen molar-refractivity contribution in [2.45, 2.75) is 51.0 Å². The van der Waals surface area contributed by atoms with E-state index in [0.717, 1.165) is 37.3 Å². The third kappa shape index (κ3) is 3.33. The molecule has 0 bridgehead atoms. The summed E-state index contributed by atoms with van der Waals surface area (Å²) in [5.41, 5.74) is 0.451. The van der Waals surface area contributed by atoms with Crippen LogP contribution in [0, 0.1) is 5.92 Å². The van der Waals surface area contributed by atoms with Crippen LogP contribution in [0.2, 0.25) is 0 Å². The summed E-state index contributed by atoms with van der Waals surface area (Å²) < 4.78 is 5.06. The number of para-hydroxylation sites is 1. The maximum absolute atomic E-state index is 12.3. The Hall–Kier alpha value is -1.51. The number of esters is 1. The molecule has 1 saturated carbocycles. The van der Waals surface area contributed by atoms with Crippen LogP contribution in [0.15, 0.2) is 30.3 Å². The van der Waals surface area contributed by atoms with Crippen molar-refractivity contribution >= 4 is 11.7 Å². The van der Waals surface area contributed by atoms with E-state index in [2.05, 4.69) is 12.2 Å². The summed E-state index contributed by atoms with van der Waals surface area (Å²) in [6, 6.07) is 9.95. The fourth-order valence-electron chi connectivity index (χ4n) is 3.24. The Morgan fingerprint density at radius 3 is 2.50 bits per heavy atom. The Morgan fingerprint density at radius 1 is 1.30 bits per heavy atom. The summed E-state index contributed by atoms with van der Waals surface area (Å²) in [5.74, 6) is 0.631. The van der Waals surface area contributed by atoms with Crippen LogP contribution in [-0.4, -0.2) is 18.6 Å². The van der Waals surface area contributed by atoms with E-state index in [4.69, 9.17) is 4.74 Å². The topological polar surface area (TPSA) is 38.3 Å². The molecule has 110 valence electrons. The smallest absolute Gasteiger partial charge is 0.331 e. The number of anilines is 1. The first-order valence-electron chi connectivity index (χ1n) is 7.62. The van der Waals surface area contributed by atoms with Gasteiger partial charge in [0.1, 0.15) is 5.54 Å². The molecule has 0 amide bonds. The van der Waals surface area contributed by atoms with Crippen LogP contribution in [0.4, 0.5) is 5.69 Å². The lowest BCUT2D eigenvalue weighted by Gasteiger charge is -2.39. The summed E-state index contributed by atoms with van der Waals surface area (Å²) in [5, 5.41) is 3.43. The molecular formula is C17H25NO2. The van der Waals surface area contributed by atoms with Crippen molar-refractivity contribution in [2.24, 2.45) is 5.92 Å². The Morgan fingerprint density at radius 2 is 1.95 bits per heavy atom. The van der Waals surface area contributed by atoms with Crippen LogP contribution in [0.5, 0.6) is 0 Å². The van der Waals surface area contributed by atoms with Crippen LogP contribution < -0.4 is 5.32 Å². The number of hydrogen-bond donors (Lipinski definition) is 1. The van der Waals surface area contributed by atoms with E-state index in [0.29, 0.717) is 0 Å². The zero-order valence-electron chi connectivity index (χ0n) is 12.5. The normalized spacial score (nSPS) is 26.0. The summed E-state index contributed by atoms with van der Waals surface area (Å²) in [7, 11) is 1.48. The van der Waals surface area contributed by atoms with Crippen LogP contribution in [0.1, 0.15) is 45.4 Å². The zero-order chi connectivity index (χ0) is 14.4. The zero-order valence-corrected chi connectivity index (χ0v) is 12.5. The molecule has 0 unspecified atom stereocenters. The van der Waals surface area contributed by atoms with Crippen molar-refractivity contribution in [1.82, 2.24) is 0 Å². The molecule has 1 N–H and O–H groups in total. The lowest BCUT2D eigenvalue weighted by atomic mass is 9.75. The fraction of sp³-hybridized carbons (Fsp3) is 0.588. The number of carbonyl (C=O) groups excluding carboxylic acids is 1. The van der Waals surface area contributed by atoms with Gasteiger partial charge >= 0.3 is 5.97 Å². The van der Waals surface area contributed by atoms with Gasteiger partial charge in [0.2, 0.25) is 0 Å². The number of rotatable bonds is 5.